The van der Waals surface area contributed by atoms with Gasteiger partial charge in [0.05, 0.1) is 22.8 Å². The minimum absolute atomic E-state index is 0.0446. The summed E-state index contributed by atoms with van der Waals surface area (Å²) in [5, 5.41) is 12.7. The van der Waals surface area contributed by atoms with Crippen molar-refractivity contribution >= 4 is 11.6 Å². The Hall–Kier alpha value is -2.99. The lowest BCUT2D eigenvalue weighted by Crippen LogP contribution is -2.47. The molecule has 6 nitrogen and oxygen atoms in total. The van der Waals surface area contributed by atoms with Crippen LogP contribution in [0.1, 0.15) is 66.4 Å². The second-order valence-electron chi connectivity index (χ2n) is 11.9. The van der Waals surface area contributed by atoms with Crippen LogP contribution in [0, 0.1) is 11.8 Å². The van der Waals surface area contributed by atoms with E-state index in [1.54, 1.807) is 30.2 Å². The molecule has 0 radical (unpaired) electrons. The van der Waals surface area contributed by atoms with Crippen molar-refractivity contribution in [1.29, 1.82) is 0 Å². The highest BCUT2D eigenvalue weighted by Gasteiger charge is 2.38. The summed E-state index contributed by atoms with van der Waals surface area (Å²) in [5.41, 5.74) is -2.36. The summed E-state index contributed by atoms with van der Waals surface area (Å²) in [4.78, 5) is 16.1. The predicted octanol–water partition coefficient (Wildman–Crippen LogP) is 6.97. The van der Waals surface area contributed by atoms with Gasteiger partial charge in [0.1, 0.15) is 5.75 Å². The van der Waals surface area contributed by atoms with E-state index in [1.807, 2.05) is 0 Å². The number of methoxy groups -OCH3 is 1. The first-order chi connectivity index (χ1) is 20.8. The molecule has 2 aliphatic rings. The SMILES string of the molecule is COC(CCCNC(=O)c1ccccc1O)C1CCC(CCN2CCN(c3cc(C(F)(F)F)cc(C(F)(F)F)c3)CC2)CC1. The molecule has 44 heavy (non-hydrogen) atoms. The Labute approximate surface area is 254 Å². The zero-order valence-electron chi connectivity index (χ0n) is 24.9. The van der Waals surface area contributed by atoms with E-state index in [0.717, 1.165) is 63.6 Å². The first kappa shape index (κ1) is 33.9. The van der Waals surface area contributed by atoms with Gasteiger partial charge in [0, 0.05) is 45.5 Å². The van der Waals surface area contributed by atoms with Gasteiger partial charge in [-0.3, -0.25) is 9.69 Å². The highest BCUT2D eigenvalue weighted by Crippen LogP contribution is 2.39. The quantitative estimate of drug-likeness (QED) is 0.208. The molecule has 1 aliphatic carbocycles. The van der Waals surface area contributed by atoms with Crippen molar-refractivity contribution in [3.63, 3.8) is 0 Å². The van der Waals surface area contributed by atoms with Crippen LogP contribution < -0.4 is 10.2 Å². The lowest BCUT2D eigenvalue weighted by atomic mass is 9.77. The summed E-state index contributed by atoms with van der Waals surface area (Å²) in [5.74, 6) is 0.669. The largest absolute Gasteiger partial charge is 0.507 e. The Morgan fingerprint density at radius 3 is 2.14 bits per heavy atom. The van der Waals surface area contributed by atoms with Crippen molar-refractivity contribution in [2.75, 3.05) is 51.3 Å². The third kappa shape index (κ3) is 9.26. The Bertz CT molecular complexity index is 1190. The molecule has 1 aliphatic heterocycles. The topological polar surface area (TPSA) is 65.0 Å². The number of carbonyl (C=O) groups is 1. The number of hydrogen-bond donors (Lipinski definition) is 2. The number of nitrogens with zero attached hydrogens (tertiary/aromatic N) is 2. The molecule has 1 saturated heterocycles. The summed E-state index contributed by atoms with van der Waals surface area (Å²) in [7, 11) is 1.72. The molecule has 244 valence electrons. The Kier molecular flexibility index (Phi) is 11.4. The molecular formula is C32H41F6N3O3. The fourth-order valence-corrected chi connectivity index (χ4v) is 6.38. The van der Waals surface area contributed by atoms with E-state index >= 15 is 0 Å². The van der Waals surface area contributed by atoms with Crippen molar-refractivity contribution in [3.8, 4) is 5.75 Å². The number of nitrogens with one attached hydrogen (secondary N) is 1. The smallest absolute Gasteiger partial charge is 0.416 e. The van der Waals surface area contributed by atoms with E-state index in [4.69, 9.17) is 4.74 Å². The molecule has 2 N–H and O–H groups in total. The number of anilines is 1. The fourth-order valence-electron chi connectivity index (χ4n) is 6.38. The number of para-hydroxylation sites is 1. The molecule has 1 unspecified atom stereocenters. The number of alkyl halides is 6. The van der Waals surface area contributed by atoms with Crippen LogP contribution in [-0.4, -0.2) is 68.4 Å². The van der Waals surface area contributed by atoms with Gasteiger partial charge in [-0.05, 0) is 80.8 Å². The van der Waals surface area contributed by atoms with Gasteiger partial charge in [-0.2, -0.15) is 26.3 Å². The average molecular weight is 630 g/mol. The van der Waals surface area contributed by atoms with Gasteiger partial charge in [0.25, 0.3) is 5.91 Å². The van der Waals surface area contributed by atoms with Gasteiger partial charge in [-0.25, -0.2) is 0 Å². The molecule has 1 atom stereocenters. The van der Waals surface area contributed by atoms with E-state index in [-0.39, 0.29) is 35.1 Å². The second-order valence-corrected chi connectivity index (χ2v) is 11.9. The van der Waals surface area contributed by atoms with Crippen LogP contribution in [0.25, 0.3) is 0 Å². The van der Waals surface area contributed by atoms with Gasteiger partial charge in [0.2, 0.25) is 0 Å². The van der Waals surface area contributed by atoms with Gasteiger partial charge in [-0.15, -0.1) is 0 Å². The molecule has 2 fully saturated rings. The van der Waals surface area contributed by atoms with Crippen molar-refractivity contribution in [1.82, 2.24) is 10.2 Å². The molecule has 0 bridgehead atoms. The number of halogens is 6. The normalized spacial score (nSPS) is 20.8. The third-order valence-corrected chi connectivity index (χ3v) is 8.98. The summed E-state index contributed by atoms with van der Waals surface area (Å²) >= 11 is 0. The zero-order chi connectivity index (χ0) is 31.9. The molecule has 0 aromatic heterocycles. The fraction of sp³-hybridized carbons (Fsp3) is 0.594. The number of ether oxygens (including phenoxy) is 1. The van der Waals surface area contributed by atoms with Crippen LogP contribution in [0.3, 0.4) is 0 Å². The monoisotopic (exact) mass is 629 g/mol. The van der Waals surface area contributed by atoms with Crippen molar-refractivity contribution in [2.24, 2.45) is 11.8 Å². The summed E-state index contributed by atoms with van der Waals surface area (Å²) in [6.45, 7) is 3.25. The molecular weight excluding hydrogens is 588 g/mol. The van der Waals surface area contributed by atoms with Crippen molar-refractivity contribution in [3.05, 3.63) is 59.2 Å². The highest BCUT2D eigenvalue weighted by atomic mass is 19.4. The van der Waals surface area contributed by atoms with Crippen LogP contribution in [0.2, 0.25) is 0 Å². The summed E-state index contributed by atoms with van der Waals surface area (Å²) < 4.78 is 85.4. The Morgan fingerprint density at radius 1 is 0.955 bits per heavy atom. The minimum atomic E-state index is -4.86. The average Bonchev–Trinajstić information content (AvgIpc) is 3.00. The van der Waals surface area contributed by atoms with Crippen LogP contribution in [-0.2, 0) is 17.1 Å². The number of rotatable bonds is 11. The third-order valence-electron chi connectivity index (χ3n) is 8.98. The molecule has 1 heterocycles. The van der Waals surface area contributed by atoms with E-state index in [9.17, 15) is 36.2 Å². The highest BCUT2D eigenvalue weighted by molar-refractivity contribution is 5.96. The molecule has 12 heteroatoms. The molecule has 1 saturated carbocycles. The molecule has 1 amide bonds. The lowest BCUT2D eigenvalue weighted by Gasteiger charge is -2.38. The van der Waals surface area contributed by atoms with Crippen molar-refractivity contribution < 1.29 is 41.0 Å². The van der Waals surface area contributed by atoms with Crippen LogP contribution in [0.4, 0.5) is 32.0 Å². The van der Waals surface area contributed by atoms with Crippen LogP contribution >= 0.6 is 0 Å². The lowest BCUT2D eigenvalue weighted by molar-refractivity contribution is -0.143. The van der Waals surface area contributed by atoms with E-state index in [0.29, 0.717) is 44.6 Å². The summed E-state index contributed by atoms with van der Waals surface area (Å²) in [6, 6.07) is 8.22. The molecule has 4 rings (SSSR count). The number of carbonyl (C=O) groups excluding carboxylic acids is 1. The maximum atomic E-state index is 13.3. The zero-order valence-corrected chi connectivity index (χ0v) is 24.9. The number of amides is 1. The predicted molar refractivity (Wildman–Crippen MR) is 156 cm³/mol. The molecule has 0 spiro atoms. The number of hydrogen-bond acceptors (Lipinski definition) is 5. The van der Waals surface area contributed by atoms with Gasteiger partial charge >= 0.3 is 12.4 Å². The molecule has 2 aromatic carbocycles. The number of benzene rings is 2. The number of piperazine rings is 1. The van der Waals surface area contributed by atoms with Gasteiger partial charge < -0.3 is 20.1 Å². The van der Waals surface area contributed by atoms with Gasteiger partial charge in [0.15, 0.2) is 0 Å². The Morgan fingerprint density at radius 2 is 1.57 bits per heavy atom. The van der Waals surface area contributed by atoms with Crippen LogP contribution in [0.5, 0.6) is 5.75 Å². The van der Waals surface area contributed by atoms with Crippen LogP contribution in [0.15, 0.2) is 42.5 Å². The first-order valence-electron chi connectivity index (χ1n) is 15.2. The Balaban J connectivity index is 1.16. The van der Waals surface area contributed by atoms with E-state index in [2.05, 4.69) is 10.2 Å². The molecule has 2 aromatic rings. The number of aromatic hydroxyl groups is 1. The number of phenolic OH excluding ortho intramolecular Hbond substituents is 1. The minimum Gasteiger partial charge on any atom is -0.507 e. The maximum absolute atomic E-state index is 13.3. The van der Waals surface area contributed by atoms with E-state index in [1.165, 1.54) is 6.07 Å². The first-order valence-corrected chi connectivity index (χ1v) is 15.2. The van der Waals surface area contributed by atoms with Crippen molar-refractivity contribution in [2.45, 2.75) is 63.4 Å². The van der Waals surface area contributed by atoms with E-state index < -0.39 is 23.5 Å². The maximum Gasteiger partial charge on any atom is 0.416 e. The standard InChI is InChI=1S/C32H41F6N3O3/c1-44-29(7-4-13-39-30(43)27-5-2-3-6-28(27)42)23-10-8-22(9-11-23)12-14-40-15-17-41(18-16-40)26-20-24(31(33,34)35)19-25(21-26)32(36,37)38/h2-3,5-6,19-23,29,42H,4,7-18H2,1H3,(H,39,43). The number of phenols is 1. The van der Waals surface area contributed by atoms with Gasteiger partial charge in [-0.1, -0.05) is 25.0 Å². The second kappa shape index (κ2) is 14.9. The summed E-state index contributed by atoms with van der Waals surface area (Å²) in [6.07, 6.45) is -2.73.